The second-order valence-corrected chi connectivity index (χ2v) is 7.33. The fourth-order valence-corrected chi connectivity index (χ4v) is 4.41. The molecule has 0 atom stereocenters. The molecule has 22 heavy (non-hydrogen) atoms. The minimum atomic E-state index is 0.163. The molecule has 0 radical (unpaired) electrons. The molecule has 0 amide bonds. The minimum absolute atomic E-state index is 0.163. The number of halogens is 1. The quantitative estimate of drug-likeness (QED) is 0.653. The maximum atomic E-state index is 8.41. The fraction of sp³-hybridized carbons (Fsp3) is 0.0625. The molecule has 4 rings (SSSR count). The average molecular weight is 374 g/mol. The molecule has 0 saturated heterocycles. The normalized spacial score (nSPS) is 13.8. The van der Waals surface area contributed by atoms with Crippen LogP contribution < -0.4 is 10.2 Å². The molecule has 1 aromatic heterocycles. The van der Waals surface area contributed by atoms with Gasteiger partial charge in [-0.05, 0) is 0 Å². The van der Waals surface area contributed by atoms with Gasteiger partial charge in [0.2, 0.25) is 0 Å². The molecule has 0 saturated carbocycles. The first-order valence-corrected chi connectivity index (χ1v) is 9.20. The van der Waals surface area contributed by atoms with E-state index in [0.717, 1.165) is 32.2 Å². The van der Waals surface area contributed by atoms with Gasteiger partial charge in [-0.2, -0.15) is 0 Å². The SMILES string of the molecule is N=c1c2ccccc2nc2n1N=C(c1ccc(Cl)cc1)C[Se]2. The molecule has 0 fully saturated rings. The molecular weight excluding hydrogens is 363 g/mol. The predicted molar refractivity (Wildman–Crippen MR) is 89.2 cm³/mol. The van der Waals surface area contributed by atoms with Gasteiger partial charge in [-0.3, -0.25) is 0 Å². The zero-order chi connectivity index (χ0) is 15.1. The molecule has 6 heteroatoms. The average Bonchev–Trinajstić information content (AvgIpc) is 2.56. The maximum absolute atomic E-state index is 8.41. The Bertz CT molecular complexity index is 960. The van der Waals surface area contributed by atoms with Crippen LogP contribution >= 0.6 is 11.6 Å². The first-order chi connectivity index (χ1) is 10.7. The van der Waals surface area contributed by atoms with Crippen molar-refractivity contribution in [2.75, 3.05) is 0 Å². The fourth-order valence-electron chi connectivity index (χ4n) is 2.38. The van der Waals surface area contributed by atoms with Crippen molar-refractivity contribution in [1.29, 1.82) is 5.41 Å². The van der Waals surface area contributed by atoms with Crippen molar-refractivity contribution < 1.29 is 0 Å². The number of fused-ring (bicyclic) bond motifs is 2. The van der Waals surface area contributed by atoms with Gasteiger partial charge < -0.3 is 0 Å². The third-order valence-corrected chi connectivity index (χ3v) is 5.73. The van der Waals surface area contributed by atoms with Crippen molar-refractivity contribution in [1.82, 2.24) is 9.66 Å². The molecule has 2 heterocycles. The molecule has 1 aliphatic rings. The van der Waals surface area contributed by atoms with Crippen LogP contribution in [0.25, 0.3) is 10.9 Å². The molecule has 0 aliphatic carbocycles. The van der Waals surface area contributed by atoms with Crippen molar-refractivity contribution in [3.05, 3.63) is 64.6 Å². The molecule has 1 aliphatic heterocycles. The Morgan fingerprint density at radius 3 is 2.68 bits per heavy atom. The Kier molecular flexibility index (Phi) is 3.34. The molecule has 1 N–H and O–H groups in total. The number of para-hydroxylation sites is 1. The van der Waals surface area contributed by atoms with Crippen LogP contribution in [0.2, 0.25) is 10.3 Å². The summed E-state index contributed by atoms with van der Waals surface area (Å²) in [6.45, 7) is 0. The summed E-state index contributed by atoms with van der Waals surface area (Å²) in [5.74, 6) is 0. The van der Waals surface area contributed by atoms with E-state index in [9.17, 15) is 0 Å². The topological polar surface area (TPSA) is 54.0 Å². The van der Waals surface area contributed by atoms with Crippen molar-refractivity contribution in [3.8, 4) is 0 Å². The number of benzene rings is 2. The molecule has 4 nitrogen and oxygen atoms in total. The summed E-state index contributed by atoms with van der Waals surface area (Å²) < 4.78 is 2.57. The summed E-state index contributed by atoms with van der Waals surface area (Å²) in [5, 5.41) is 15.5. The van der Waals surface area contributed by atoms with Crippen LogP contribution in [0.1, 0.15) is 5.56 Å². The predicted octanol–water partition coefficient (Wildman–Crippen LogP) is 2.18. The third kappa shape index (κ3) is 2.28. The first-order valence-electron chi connectivity index (χ1n) is 6.75. The van der Waals surface area contributed by atoms with Gasteiger partial charge in [0.25, 0.3) is 0 Å². The van der Waals surface area contributed by atoms with E-state index in [1.54, 1.807) is 4.68 Å². The molecule has 0 bridgehead atoms. The van der Waals surface area contributed by atoms with E-state index in [4.69, 9.17) is 17.0 Å². The van der Waals surface area contributed by atoms with E-state index >= 15 is 0 Å². The van der Waals surface area contributed by atoms with Gasteiger partial charge >= 0.3 is 138 Å². The Morgan fingerprint density at radius 2 is 1.86 bits per heavy atom. The van der Waals surface area contributed by atoms with Crippen LogP contribution in [-0.2, 0) is 0 Å². The molecule has 3 aromatic rings. The number of rotatable bonds is 1. The van der Waals surface area contributed by atoms with Gasteiger partial charge in [-0.1, -0.05) is 0 Å². The second kappa shape index (κ2) is 5.36. The number of aromatic nitrogens is 2. The van der Waals surface area contributed by atoms with Crippen molar-refractivity contribution in [2.45, 2.75) is 5.32 Å². The Labute approximate surface area is 138 Å². The van der Waals surface area contributed by atoms with Crippen LogP contribution in [-0.4, -0.2) is 30.3 Å². The van der Waals surface area contributed by atoms with Gasteiger partial charge in [0, 0.05) is 0 Å². The van der Waals surface area contributed by atoms with Gasteiger partial charge in [0.15, 0.2) is 0 Å². The van der Waals surface area contributed by atoms with Crippen LogP contribution in [0.15, 0.2) is 53.6 Å². The Balaban J connectivity index is 1.90. The summed E-state index contributed by atoms with van der Waals surface area (Å²) in [5.41, 5.74) is 3.30. The summed E-state index contributed by atoms with van der Waals surface area (Å²) in [6.07, 6.45) is 0. The van der Waals surface area contributed by atoms with Crippen molar-refractivity contribution >= 4 is 47.9 Å². The van der Waals surface area contributed by atoms with Crippen molar-refractivity contribution in [2.24, 2.45) is 5.10 Å². The number of hydrogen-bond acceptors (Lipinski definition) is 3. The summed E-state index contributed by atoms with van der Waals surface area (Å²) in [6, 6.07) is 15.4. The molecule has 0 spiro atoms. The van der Waals surface area contributed by atoms with Crippen molar-refractivity contribution in [3.63, 3.8) is 0 Å². The number of hydrogen-bond donors (Lipinski definition) is 1. The first kappa shape index (κ1) is 13.7. The summed E-state index contributed by atoms with van der Waals surface area (Å²) in [7, 11) is 0. The monoisotopic (exact) mass is 374 g/mol. The van der Waals surface area contributed by atoms with Crippen LogP contribution in [0.5, 0.6) is 0 Å². The Morgan fingerprint density at radius 1 is 1.09 bits per heavy atom. The van der Waals surface area contributed by atoms with E-state index in [1.807, 2.05) is 48.5 Å². The zero-order valence-electron chi connectivity index (χ0n) is 11.5. The summed E-state index contributed by atoms with van der Waals surface area (Å²) >= 11 is 6.10. The van der Waals surface area contributed by atoms with E-state index in [0.29, 0.717) is 10.5 Å². The van der Waals surface area contributed by atoms with Gasteiger partial charge in [0.05, 0.1) is 0 Å². The summed E-state index contributed by atoms with van der Waals surface area (Å²) in [4.78, 5) is 4.66. The Hall–Kier alpha value is -1.94. The van der Waals surface area contributed by atoms with E-state index < -0.39 is 0 Å². The number of nitrogens with one attached hydrogen (secondary N) is 1. The third-order valence-electron chi connectivity index (χ3n) is 3.50. The van der Waals surface area contributed by atoms with Gasteiger partial charge in [0.1, 0.15) is 0 Å². The molecule has 108 valence electrons. The standard InChI is InChI=1S/C16H11ClN4Se/c17-11-7-5-10(6-8-11)14-9-22-16-19-13-4-2-1-3-12(13)15(18)21(16)20-14/h1-8,18H,9H2. The van der Waals surface area contributed by atoms with Gasteiger partial charge in [-0.15, -0.1) is 0 Å². The van der Waals surface area contributed by atoms with E-state index in [2.05, 4.69) is 10.1 Å². The number of nitrogens with zero attached hydrogens (tertiary/aromatic N) is 3. The van der Waals surface area contributed by atoms with Crippen LogP contribution in [0, 0.1) is 5.41 Å². The van der Waals surface area contributed by atoms with Gasteiger partial charge in [-0.25, -0.2) is 0 Å². The molecule has 2 aromatic carbocycles. The zero-order valence-corrected chi connectivity index (χ0v) is 13.9. The molecule has 0 unspecified atom stereocenters. The molecular formula is C16H11ClN4Se. The second-order valence-electron chi connectivity index (χ2n) is 4.91. The van der Waals surface area contributed by atoms with E-state index in [1.165, 1.54) is 0 Å². The van der Waals surface area contributed by atoms with Crippen LogP contribution in [0.4, 0.5) is 0 Å². The van der Waals surface area contributed by atoms with Crippen LogP contribution in [0.3, 0.4) is 0 Å². The van der Waals surface area contributed by atoms with E-state index in [-0.39, 0.29) is 15.0 Å².